The molecule has 2 aromatic rings. The fraction of sp³-hybridized carbons (Fsp3) is 0.529. The van der Waals surface area contributed by atoms with Crippen LogP contribution in [0.15, 0.2) is 28.7 Å². The summed E-state index contributed by atoms with van der Waals surface area (Å²) in [6.07, 6.45) is 4.01. The minimum atomic E-state index is -0.208. The Kier molecular flexibility index (Phi) is 5.37. The zero-order chi connectivity index (χ0) is 15.2. The zero-order valence-corrected chi connectivity index (χ0v) is 13.1. The van der Waals surface area contributed by atoms with Crippen molar-refractivity contribution in [3.05, 3.63) is 30.2 Å². The minimum Gasteiger partial charge on any atom is -0.438 e. The van der Waals surface area contributed by atoms with Crippen LogP contribution in [0.4, 0.5) is 0 Å². The number of nitrogens with one attached hydrogen (secondary N) is 1. The highest BCUT2D eigenvalue weighted by Gasteiger charge is 2.21. The van der Waals surface area contributed by atoms with Gasteiger partial charge in [-0.05, 0) is 31.9 Å². The van der Waals surface area contributed by atoms with Crippen LogP contribution in [-0.2, 0) is 4.79 Å². The average Bonchev–Trinajstić information content (AvgIpc) is 2.92. The summed E-state index contributed by atoms with van der Waals surface area (Å²) in [5, 5.41) is 3.02. The van der Waals surface area contributed by atoms with Gasteiger partial charge in [-0.3, -0.25) is 4.79 Å². The number of unbranched alkanes of at least 4 members (excludes halogenated alkanes) is 1. The third-order valence-corrected chi connectivity index (χ3v) is 3.81. The molecule has 0 radical (unpaired) electrons. The van der Waals surface area contributed by atoms with E-state index in [1.807, 2.05) is 31.2 Å². The Bertz CT molecular complexity index is 558. The second-order valence-corrected chi connectivity index (χ2v) is 5.50. The van der Waals surface area contributed by atoms with Crippen molar-refractivity contribution in [2.75, 3.05) is 0 Å². The van der Waals surface area contributed by atoms with E-state index in [0.717, 1.165) is 36.8 Å². The van der Waals surface area contributed by atoms with E-state index in [9.17, 15) is 4.79 Å². The molecule has 2 unspecified atom stereocenters. The van der Waals surface area contributed by atoms with Crippen molar-refractivity contribution in [1.82, 2.24) is 10.3 Å². The summed E-state index contributed by atoms with van der Waals surface area (Å²) in [4.78, 5) is 16.7. The second-order valence-electron chi connectivity index (χ2n) is 5.50. The number of carbonyl (C=O) groups excluding carboxylic acids is 1. The quantitative estimate of drug-likeness (QED) is 0.829. The summed E-state index contributed by atoms with van der Waals surface area (Å²) >= 11 is 0. The summed E-state index contributed by atoms with van der Waals surface area (Å²) in [6, 6.07) is 7.43. The lowest BCUT2D eigenvalue weighted by atomic mass is 9.98. The van der Waals surface area contributed by atoms with E-state index in [0.29, 0.717) is 5.89 Å². The van der Waals surface area contributed by atoms with Crippen molar-refractivity contribution in [2.24, 2.45) is 5.92 Å². The Hall–Kier alpha value is -1.84. The maximum atomic E-state index is 12.3. The molecule has 0 aliphatic carbocycles. The predicted molar refractivity (Wildman–Crippen MR) is 83.9 cm³/mol. The summed E-state index contributed by atoms with van der Waals surface area (Å²) in [5.74, 6) is 0.743. The fourth-order valence-corrected chi connectivity index (χ4v) is 2.44. The topological polar surface area (TPSA) is 55.1 Å². The SMILES string of the molecule is CCCCC(CC)C(=O)NC(C)c1nc2ccccc2o1. The Balaban J connectivity index is 2.02. The molecule has 114 valence electrons. The number of oxazole rings is 1. The lowest BCUT2D eigenvalue weighted by Crippen LogP contribution is -2.32. The number of aromatic nitrogens is 1. The van der Waals surface area contributed by atoms with Crippen molar-refractivity contribution >= 4 is 17.0 Å². The van der Waals surface area contributed by atoms with Gasteiger partial charge in [0.1, 0.15) is 11.6 Å². The number of rotatable bonds is 7. The summed E-state index contributed by atoms with van der Waals surface area (Å²) in [7, 11) is 0. The maximum absolute atomic E-state index is 12.3. The van der Waals surface area contributed by atoms with Crippen molar-refractivity contribution in [2.45, 2.75) is 52.5 Å². The molecule has 1 N–H and O–H groups in total. The molecule has 4 heteroatoms. The van der Waals surface area contributed by atoms with Crippen molar-refractivity contribution in [3.8, 4) is 0 Å². The second kappa shape index (κ2) is 7.25. The number of para-hydroxylation sites is 2. The zero-order valence-electron chi connectivity index (χ0n) is 13.1. The highest BCUT2D eigenvalue weighted by molar-refractivity contribution is 5.79. The fourth-order valence-electron chi connectivity index (χ4n) is 2.44. The van der Waals surface area contributed by atoms with Crippen molar-refractivity contribution in [3.63, 3.8) is 0 Å². The lowest BCUT2D eigenvalue weighted by molar-refractivity contribution is -0.126. The van der Waals surface area contributed by atoms with E-state index in [1.165, 1.54) is 0 Å². The molecule has 0 aliphatic heterocycles. The molecule has 0 fully saturated rings. The third kappa shape index (κ3) is 3.84. The van der Waals surface area contributed by atoms with Crippen LogP contribution >= 0.6 is 0 Å². The third-order valence-electron chi connectivity index (χ3n) is 3.81. The standard InChI is InChI=1S/C17H24N2O2/c1-4-6-9-13(5-2)16(20)18-12(3)17-19-14-10-7-8-11-15(14)21-17/h7-8,10-13H,4-6,9H2,1-3H3,(H,18,20). The number of hydrogen-bond acceptors (Lipinski definition) is 3. The summed E-state index contributed by atoms with van der Waals surface area (Å²) in [6.45, 7) is 6.12. The Labute approximate surface area is 125 Å². The molecule has 0 saturated carbocycles. The minimum absolute atomic E-state index is 0.0804. The maximum Gasteiger partial charge on any atom is 0.223 e. The monoisotopic (exact) mass is 288 g/mol. The molecule has 1 heterocycles. The summed E-state index contributed by atoms with van der Waals surface area (Å²) < 4.78 is 5.70. The molecule has 0 spiro atoms. The number of amides is 1. The van der Waals surface area contributed by atoms with Gasteiger partial charge in [0.25, 0.3) is 0 Å². The first kappa shape index (κ1) is 15.5. The van der Waals surface area contributed by atoms with Crippen LogP contribution in [0.2, 0.25) is 0 Å². The number of benzene rings is 1. The van der Waals surface area contributed by atoms with Crippen molar-refractivity contribution < 1.29 is 9.21 Å². The molecule has 2 atom stereocenters. The molecule has 2 rings (SSSR count). The van der Waals surface area contributed by atoms with E-state index in [-0.39, 0.29) is 17.9 Å². The molecule has 1 aromatic heterocycles. The predicted octanol–water partition coefficient (Wildman–Crippen LogP) is 4.22. The van der Waals surface area contributed by atoms with Gasteiger partial charge in [0, 0.05) is 5.92 Å². The molecule has 21 heavy (non-hydrogen) atoms. The van der Waals surface area contributed by atoms with Crippen LogP contribution in [0.25, 0.3) is 11.1 Å². The van der Waals surface area contributed by atoms with Crippen LogP contribution < -0.4 is 5.32 Å². The van der Waals surface area contributed by atoms with Gasteiger partial charge in [-0.2, -0.15) is 0 Å². The first-order valence-electron chi connectivity index (χ1n) is 7.81. The number of nitrogens with zero attached hydrogens (tertiary/aromatic N) is 1. The Morgan fingerprint density at radius 3 is 2.76 bits per heavy atom. The number of carbonyl (C=O) groups is 1. The van der Waals surface area contributed by atoms with Crippen LogP contribution in [0.1, 0.15) is 58.4 Å². The van der Waals surface area contributed by atoms with E-state index >= 15 is 0 Å². The first-order valence-corrected chi connectivity index (χ1v) is 7.81. The summed E-state index contributed by atoms with van der Waals surface area (Å²) in [5.41, 5.74) is 1.58. The van der Waals surface area contributed by atoms with Gasteiger partial charge < -0.3 is 9.73 Å². The van der Waals surface area contributed by atoms with Crippen LogP contribution in [0.3, 0.4) is 0 Å². The molecular weight excluding hydrogens is 264 g/mol. The van der Waals surface area contributed by atoms with Gasteiger partial charge >= 0.3 is 0 Å². The van der Waals surface area contributed by atoms with E-state index in [4.69, 9.17) is 4.42 Å². The van der Waals surface area contributed by atoms with Crippen LogP contribution in [0, 0.1) is 5.92 Å². The highest BCUT2D eigenvalue weighted by atomic mass is 16.3. The van der Waals surface area contributed by atoms with Crippen molar-refractivity contribution in [1.29, 1.82) is 0 Å². The van der Waals surface area contributed by atoms with Gasteiger partial charge in [0.2, 0.25) is 11.8 Å². The van der Waals surface area contributed by atoms with Crippen LogP contribution in [-0.4, -0.2) is 10.9 Å². The Morgan fingerprint density at radius 2 is 2.10 bits per heavy atom. The van der Waals surface area contributed by atoms with Crippen LogP contribution in [0.5, 0.6) is 0 Å². The average molecular weight is 288 g/mol. The van der Waals surface area contributed by atoms with E-state index < -0.39 is 0 Å². The molecule has 4 nitrogen and oxygen atoms in total. The molecule has 0 saturated heterocycles. The molecular formula is C17H24N2O2. The van der Waals surface area contributed by atoms with Gasteiger partial charge in [0.05, 0.1) is 0 Å². The highest BCUT2D eigenvalue weighted by Crippen LogP contribution is 2.21. The lowest BCUT2D eigenvalue weighted by Gasteiger charge is -2.17. The molecule has 1 aromatic carbocycles. The Morgan fingerprint density at radius 1 is 1.33 bits per heavy atom. The number of hydrogen-bond donors (Lipinski definition) is 1. The largest absolute Gasteiger partial charge is 0.438 e. The number of fused-ring (bicyclic) bond motifs is 1. The van der Waals surface area contributed by atoms with Gasteiger partial charge in [-0.1, -0.05) is 38.8 Å². The first-order chi connectivity index (χ1) is 10.2. The molecule has 0 aliphatic rings. The molecule has 0 bridgehead atoms. The normalized spacial score (nSPS) is 14.0. The van der Waals surface area contributed by atoms with Gasteiger partial charge in [-0.15, -0.1) is 0 Å². The smallest absolute Gasteiger partial charge is 0.223 e. The molecule has 1 amide bonds. The van der Waals surface area contributed by atoms with E-state index in [1.54, 1.807) is 0 Å². The van der Waals surface area contributed by atoms with Gasteiger partial charge in [-0.25, -0.2) is 4.98 Å². The van der Waals surface area contributed by atoms with Gasteiger partial charge in [0.15, 0.2) is 5.58 Å². The van der Waals surface area contributed by atoms with E-state index in [2.05, 4.69) is 24.1 Å².